The molecule has 0 aliphatic carbocycles. The van der Waals surface area contributed by atoms with Crippen molar-refractivity contribution in [2.75, 3.05) is 31.6 Å². The number of nitrogens with one attached hydrogen (secondary N) is 2. The van der Waals surface area contributed by atoms with Crippen LogP contribution in [0, 0.1) is 0 Å². The van der Waals surface area contributed by atoms with E-state index in [1.165, 1.54) is 5.56 Å². The van der Waals surface area contributed by atoms with Crippen molar-refractivity contribution in [3.63, 3.8) is 0 Å². The average Bonchev–Trinajstić information content (AvgIpc) is 2.63. The highest BCUT2D eigenvalue weighted by molar-refractivity contribution is 5.81. The van der Waals surface area contributed by atoms with Crippen molar-refractivity contribution in [2.24, 2.45) is 0 Å². The first-order chi connectivity index (χ1) is 8.70. The Morgan fingerprint density at radius 3 is 2.72 bits per heavy atom. The number of carbonyl (C=O) groups excluding carboxylic acids is 1. The van der Waals surface area contributed by atoms with Gasteiger partial charge in [-0.3, -0.25) is 4.79 Å². The summed E-state index contributed by atoms with van der Waals surface area (Å²) < 4.78 is 0. The van der Waals surface area contributed by atoms with E-state index in [0.717, 1.165) is 25.2 Å². The van der Waals surface area contributed by atoms with E-state index in [9.17, 15) is 4.79 Å². The molecule has 0 aromatic heterocycles. The highest BCUT2D eigenvalue weighted by Crippen LogP contribution is 2.19. The minimum absolute atomic E-state index is 0.111. The Morgan fingerprint density at radius 1 is 1.33 bits per heavy atom. The van der Waals surface area contributed by atoms with Crippen LogP contribution in [0.25, 0.3) is 0 Å². The molecule has 1 atom stereocenters. The second kappa shape index (κ2) is 5.87. The van der Waals surface area contributed by atoms with Crippen molar-refractivity contribution in [1.29, 1.82) is 0 Å². The predicted octanol–water partition coefficient (Wildman–Crippen LogP) is 1.29. The van der Waals surface area contributed by atoms with Crippen LogP contribution in [-0.4, -0.2) is 32.6 Å². The van der Waals surface area contributed by atoms with Crippen molar-refractivity contribution in [3.05, 3.63) is 29.8 Å². The summed E-state index contributed by atoms with van der Waals surface area (Å²) in [6.45, 7) is 4.30. The molecule has 1 heterocycles. The van der Waals surface area contributed by atoms with Gasteiger partial charge in [0.2, 0.25) is 5.91 Å². The van der Waals surface area contributed by atoms with Gasteiger partial charge in [0.15, 0.2) is 0 Å². The van der Waals surface area contributed by atoms with Gasteiger partial charge >= 0.3 is 0 Å². The zero-order chi connectivity index (χ0) is 13.0. The smallest absolute Gasteiger partial charge is 0.239 e. The topological polar surface area (TPSA) is 44.4 Å². The van der Waals surface area contributed by atoms with Gasteiger partial charge < -0.3 is 15.5 Å². The molecule has 4 nitrogen and oxygen atoms in total. The van der Waals surface area contributed by atoms with E-state index in [1.807, 2.05) is 7.05 Å². The van der Waals surface area contributed by atoms with Gasteiger partial charge in [0, 0.05) is 24.8 Å². The Hall–Kier alpha value is -1.55. The van der Waals surface area contributed by atoms with E-state index in [4.69, 9.17) is 0 Å². The molecule has 1 aliphatic rings. The Morgan fingerprint density at radius 2 is 2.06 bits per heavy atom. The number of anilines is 1. The summed E-state index contributed by atoms with van der Waals surface area (Å²) in [4.78, 5) is 13.7. The van der Waals surface area contributed by atoms with E-state index in [2.05, 4.69) is 46.7 Å². The van der Waals surface area contributed by atoms with Gasteiger partial charge in [0.25, 0.3) is 0 Å². The van der Waals surface area contributed by atoms with E-state index in [0.29, 0.717) is 12.6 Å². The molecular weight excluding hydrogens is 226 g/mol. The molecule has 0 saturated carbocycles. The molecule has 2 rings (SSSR count). The summed E-state index contributed by atoms with van der Waals surface area (Å²) in [5.74, 6) is 0.111. The van der Waals surface area contributed by atoms with Crippen LogP contribution in [0.4, 0.5) is 5.69 Å². The number of nitrogens with zero attached hydrogens (tertiary/aromatic N) is 1. The Balaban J connectivity index is 2.10. The number of rotatable bonds is 3. The number of amides is 1. The molecule has 0 spiro atoms. The minimum Gasteiger partial charge on any atom is -0.362 e. The zero-order valence-corrected chi connectivity index (χ0v) is 11.1. The van der Waals surface area contributed by atoms with Crippen LogP contribution in [0.5, 0.6) is 0 Å². The predicted molar refractivity (Wildman–Crippen MR) is 73.8 cm³/mol. The number of carbonyl (C=O) groups is 1. The first-order valence-electron chi connectivity index (χ1n) is 6.49. The summed E-state index contributed by atoms with van der Waals surface area (Å²) in [6.07, 6.45) is 1.00. The maximum atomic E-state index is 11.5. The largest absolute Gasteiger partial charge is 0.362 e. The van der Waals surface area contributed by atoms with Crippen molar-refractivity contribution in [3.8, 4) is 0 Å². The normalized spacial score (nSPS) is 18.1. The highest BCUT2D eigenvalue weighted by Gasteiger charge is 2.15. The molecule has 18 heavy (non-hydrogen) atoms. The molecule has 0 bridgehead atoms. The molecule has 4 heteroatoms. The fourth-order valence-electron chi connectivity index (χ4n) is 2.17. The molecular formula is C14H21N3O. The van der Waals surface area contributed by atoms with Gasteiger partial charge in [0.1, 0.15) is 0 Å². The fourth-order valence-corrected chi connectivity index (χ4v) is 2.17. The van der Waals surface area contributed by atoms with Gasteiger partial charge in [-0.1, -0.05) is 12.1 Å². The first kappa shape index (κ1) is 12.9. The summed E-state index contributed by atoms with van der Waals surface area (Å²) in [7, 11) is 1.96. The quantitative estimate of drug-likeness (QED) is 0.846. The summed E-state index contributed by atoms with van der Waals surface area (Å²) in [6, 6.07) is 8.80. The third-order valence-corrected chi connectivity index (χ3v) is 3.45. The van der Waals surface area contributed by atoms with Crippen LogP contribution in [0.2, 0.25) is 0 Å². The highest BCUT2D eigenvalue weighted by atomic mass is 16.2. The van der Waals surface area contributed by atoms with E-state index >= 15 is 0 Å². The average molecular weight is 247 g/mol. The summed E-state index contributed by atoms with van der Waals surface area (Å²) >= 11 is 0. The Bertz CT molecular complexity index is 402. The van der Waals surface area contributed by atoms with Gasteiger partial charge in [0.05, 0.1) is 6.54 Å². The lowest BCUT2D eigenvalue weighted by atomic mass is 10.1. The van der Waals surface area contributed by atoms with Crippen LogP contribution in [0.15, 0.2) is 24.3 Å². The van der Waals surface area contributed by atoms with Crippen molar-refractivity contribution >= 4 is 11.6 Å². The Kier molecular flexibility index (Phi) is 4.20. The maximum absolute atomic E-state index is 11.5. The van der Waals surface area contributed by atoms with Crippen LogP contribution in [0.1, 0.15) is 24.9 Å². The monoisotopic (exact) mass is 247 g/mol. The lowest BCUT2D eigenvalue weighted by Gasteiger charge is -2.22. The SMILES string of the molecule is CNC(C)c1ccc(N2CCCNC(=O)C2)cc1. The lowest BCUT2D eigenvalue weighted by Crippen LogP contribution is -2.33. The number of hydrogen-bond donors (Lipinski definition) is 2. The molecule has 1 unspecified atom stereocenters. The molecule has 0 radical (unpaired) electrons. The maximum Gasteiger partial charge on any atom is 0.239 e. The Labute approximate surface area is 108 Å². The fraction of sp³-hybridized carbons (Fsp3) is 0.500. The van der Waals surface area contributed by atoms with E-state index < -0.39 is 0 Å². The van der Waals surface area contributed by atoms with Crippen molar-refractivity contribution in [2.45, 2.75) is 19.4 Å². The van der Waals surface area contributed by atoms with Crippen LogP contribution in [0.3, 0.4) is 0 Å². The summed E-state index contributed by atoms with van der Waals surface area (Å²) in [5, 5.41) is 6.11. The third kappa shape index (κ3) is 3.01. The van der Waals surface area contributed by atoms with Gasteiger partial charge in [-0.05, 0) is 38.1 Å². The molecule has 2 N–H and O–H groups in total. The van der Waals surface area contributed by atoms with E-state index in [-0.39, 0.29) is 5.91 Å². The van der Waals surface area contributed by atoms with Crippen molar-refractivity contribution < 1.29 is 4.79 Å². The third-order valence-electron chi connectivity index (χ3n) is 3.45. The van der Waals surface area contributed by atoms with Gasteiger partial charge in [-0.15, -0.1) is 0 Å². The van der Waals surface area contributed by atoms with E-state index in [1.54, 1.807) is 0 Å². The van der Waals surface area contributed by atoms with Crippen LogP contribution < -0.4 is 15.5 Å². The number of benzene rings is 1. The minimum atomic E-state index is 0.111. The molecule has 1 aliphatic heterocycles. The first-order valence-corrected chi connectivity index (χ1v) is 6.49. The number of hydrogen-bond acceptors (Lipinski definition) is 3. The second-order valence-corrected chi connectivity index (χ2v) is 4.73. The molecule has 1 saturated heterocycles. The van der Waals surface area contributed by atoms with Crippen LogP contribution in [-0.2, 0) is 4.79 Å². The van der Waals surface area contributed by atoms with Crippen molar-refractivity contribution in [1.82, 2.24) is 10.6 Å². The molecule has 98 valence electrons. The molecule has 1 fully saturated rings. The van der Waals surface area contributed by atoms with Gasteiger partial charge in [-0.25, -0.2) is 0 Å². The summed E-state index contributed by atoms with van der Waals surface area (Å²) in [5.41, 5.74) is 2.39. The standard InChI is InChI=1S/C14H21N3O/c1-11(15-2)12-4-6-13(7-5-12)17-9-3-8-16-14(18)10-17/h4-7,11,15H,3,8-10H2,1-2H3,(H,16,18). The lowest BCUT2D eigenvalue weighted by molar-refractivity contribution is -0.119. The van der Waals surface area contributed by atoms with Crippen LogP contribution >= 0.6 is 0 Å². The van der Waals surface area contributed by atoms with Gasteiger partial charge in [-0.2, -0.15) is 0 Å². The second-order valence-electron chi connectivity index (χ2n) is 4.73. The molecule has 1 amide bonds. The zero-order valence-electron chi connectivity index (χ0n) is 11.1. The molecule has 1 aromatic carbocycles. The molecule has 1 aromatic rings.